The lowest BCUT2D eigenvalue weighted by Crippen LogP contribution is -2.60. The van der Waals surface area contributed by atoms with Crippen molar-refractivity contribution in [2.24, 2.45) is 5.92 Å². The summed E-state index contributed by atoms with van der Waals surface area (Å²) in [5.41, 5.74) is 4.45. The van der Waals surface area contributed by atoms with Gasteiger partial charge in [-0.05, 0) is 74.1 Å². The van der Waals surface area contributed by atoms with Crippen LogP contribution < -0.4 is 5.32 Å². The average molecular weight is 786 g/mol. The van der Waals surface area contributed by atoms with Crippen molar-refractivity contribution in [3.05, 3.63) is 132 Å². The van der Waals surface area contributed by atoms with Crippen LogP contribution in [0.5, 0.6) is 0 Å². The maximum absolute atomic E-state index is 14.6. The van der Waals surface area contributed by atoms with Gasteiger partial charge in [0.15, 0.2) is 0 Å². The number of aromatic nitrogens is 2. The highest BCUT2D eigenvalue weighted by atomic mass is 16.4. The van der Waals surface area contributed by atoms with Crippen LogP contribution in [0.4, 0.5) is 9.59 Å². The van der Waals surface area contributed by atoms with Crippen molar-refractivity contribution >= 4 is 28.9 Å². The van der Waals surface area contributed by atoms with Gasteiger partial charge in [-0.1, -0.05) is 99.1 Å². The second kappa shape index (κ2) is 18.6. The number of hydrogen-bond donors (Lipinski definition) is 3. The Labute approximate surface area is 341 Å². The summed E-state index contributed by atoms with van der Waals surface area (Å²) in [6, 6.07) is 31.0. The van der Waals surface area contributed by atoms with Gasteiger partial charge in [0.05, 0.1) is 28.9 Å². The maximum atomic E-state index is 14.6. The minimum Gasteiger partial charge on any atom is -0.464 e. The molecule has 1 aliphatic heterocycles. The predicted octanol–water partition coefficient (Wildman–Crippen LogP) is 7.23. The van der Waals surface area contributed by atoms with Crippen LogP contribution in [0.3, 0.4) is 0 Å². The number of aliphatic hydroxyl groups excluding tert-OH is 1. The number of hydrogen-bond acceptors (Lipinski definition) is 7. The van der Waals surface area contributed by atoms with Gasteiger partial charge in [-0.15, -0.1) is 0 Å². The van der Waals surface area contributed by atoms with Crippen molar-refractivity contribution in [2.45, 2.75) is 84.3 Å². The molecular weight excluding hydrogens is 731 g/mol. The number of fused-ring (bicyclic) bond motifs is 1. The Morgan fingerprint density at radius 2 is 1.57 bits per heavy atom. The molecule has 0 radical (unpaired) electrons. The number of pyridine rings is 2. The zero-order valence-electron chi connectivity index (χ0n) is 34.0. The van der Waals surface area contributed by atoms with E-state index in [0.29, 0.717) is 26.1 Å². The zero-order valence-corrected chi connectivity index (χ0v) is 34.0. The summed E-state index contributed by atoms with van der Waals surface area (Å²) < 4.78 is 0. The highest BCUT2D eigenvalue weighted by molar-refractivity contribution is 5.89. The second-order valence-electron chi connectivity index (χ2n) is 16.1. The molecular formula is C46H55N7O5. The number of nitrogens with one attached hydrogen (secondary N) is 1. The molecule has 1 fully saturated rings. The van der Waals surface area contributed by atoms with Crippen LogP contribution in [0, 0.1) is 5.92 Å². The van der Waals surface area contributed by atoms with E-state index in [2.05, 4.69) is 15.3 Å². The van der Waals surface area contributed by atoms with Crippen LogP contribution in [0.1, 0.15) is 57.7 Å². The molecule has 1 aliphatic rings. The molecule has 6 rings (SSSR count). The van der Waals surface area contributed by atoms with E-state index in [1.165, 1.54) is 5.01 Å². The number of carbonyl (C=O) groups excluding carboxylic acids is 2. The van der Waals surface area contributed by atoms with Gasteiger partial charge >= 0.3 is 12.1 Å². The summed E-state index contributed by atoms with van der Waals surface area (Å²) in [5.74, 6) is -0.546. The number of rotatable bonds is 16. The van der Waals surface area contributed by atoms with Gasteiger partial charge < -0.3 is 25.3 Å². The summed E-state index contributed by atoms with van der Waals surface area (Å²) in [4.78, 5) is 53.9. The van der Waals surface area contributed by atoms with Crippen LogP contribution in [0.2, 0.25) is 0 Å². The van der Waals surface area contributed by atoms with Crippen molar-refractivity contribution in [3.63, 3.8) is 0 Å². The fourth-order valence-electron chi connectivity index (χ4n) is 7.77. The lowest BCUT2D eigenvalue weighted by Gasteiger charge is -2.43. The monoisotopic (exact) mass is 785 g/mol. The molecule has 2 aromatic heterocycles. The molecule has 3 N–H and O–H groups in total. The topological polar surface area (TPSA) is 142 Å². The molecule has 12 heteroatoms. The van der Waals surface area contributed by atoms with Gasteiger partial charge in [0.1, 0.15) is 6.04 Å². The quantitative estimate of drug-likeness (QED) is 0.0890. The second-order valence-corrected chi connectivity index (χ2v) is 16.1. The largest absolute Gasteiger partial charge is 0.464 e. The number of benzene rings is 3. The number of para-hydroxylation sites is 1. The molecule has 3 heterocycles. The van der Waals surface area contributed by atoms with Crippen LogP contribution in [0.25, 0.3) is 22.2 Å². The predicted molar refractivity (Wildman–Crippen MR) is 225 cm³/mol. The highest BCUT2D eigenvalue weighted by Gasteiger charge is 2.41. The Kier molecular flexibility index (Phi) is 13.4. The minimum absolute atomic E-state index is 0.104. The van der Waals surface area contributed by atoms with Gasteiger partial charge in [-0.25, -0.2) is 19.6 Å². The molecule has 1 saturated heterocycles. The van der Waals surface area contributed by atoms with E-state index in [-0.39, 0.29) is 37.4 Å². The van der Waals surface area contributed by atoms with Crippen molar-refractivity contribution in [1.82, 2.24) is 35.1 Å². The zero-order chi connectivity index (χ0) is 41.4. The summed E-state index contributed by atoms with van der Waals surface area (Å²) in [6.07, 6.45) is 2.05. The van der Waals surface area contributed by atoms with E-state index in [9.17, 15) is 24.6 Å². The standard InChI is InChI=1S/C46H55N7O5/c1-6-32(2)42(52-27-26-50(44(52)56)30-36-23-25-48-39-18-11-10-16-37(36)39)43(55)49-40(28-33-14-8-7-9-15-33)41(54)31-51(53(45(57)58)46(3,4)5)29-34-19-21-35(22-20-34)38-17-12-13-24-47-38/h7-25,32,40-42,54H,6,26-31H2,1-5H3,(H,49,55)(H,57,58)/t32?,40?,41?,42-/m0/s1. The van der Waals surface area contributed by atoms with E-state index in [1.54, 1.807) is 48.0 Å². The number of carboxylic acid groups (broad SMARTS) is 1. The highest BCUT2D eigenvalue weighted by Crippen LogP contribution is 2.26. The lowest BCUT2D eigenvalue weighted by molar-refractivity contribution is -0.130. The van der Waals surface area contributed by atoms with Crippen molar-refractivity contribution < 1.29 is 24.6 Å². The Bertz CT molecular complexity index is 2140. The van der Waals surface area contributed by atoms with Gasteiger partial charge in [-0.2, -0.15) is 0 Å². The van der Waals surface area contributed by atoms with E-state index >= 15 is 0 Å². The van der Waals surface area contributed by atoms with E-state index < -0.39 is 29.8 Å². The fraction of sp³-hybridized carbons (Fsp3) is 0.370. The Morgan fingerprint density at radius 1 is 0.862 bits per heavy atom. The van der Waals surface area contributed by atoms with E-state index in [0.717, 1.165) is 38.9 Å². The first-order chi connectivity index (χ1) is 27.8. The number of nitrogens with zero attached hydrogens (tertiary/aromatic N) is 6. The number of aliphatic hydroxyl groups is 1. The van der Waals surface area contributed by atoms with Crippen molar-refractivity contribution in [1.29, 1.82) is 0 Å². The van der Waals surface area contributed by atoms with Gasteiger partial charge in [0, 0.05) is 56.1 Å². The summed E-state index contributed by atoms with van der Waals surface area (Å²) in [5, 5.41) is 29.7. The molecule has 0 aliphatic carbocycles. The maximum Gasteiger partial charge on any atom is 0.422 e. The molecule has 12 nitrogen and oxygen atoms in total. The number of amides is 4. The Hall–Kier alpha value is -5.85. The molecule has 0 bridgehead atoms. The normalized spacial score (nSPS) is 15.3. The third-order valence-corrected chi connectivity index (χ3v) is 10.9. The summed E-state index contributed by atoms with van der Waals surface area (Å²) in [6.45, 7) is 10.7. The van der Waals surface area contributed by atoms with E-state index in [4.69, 9.17) is 0 Å². The number of hydrazine groups is 1. The van der Waals surface area contributed by atoms with Crippen LogP contribution in [0.15, 0.2) is 116 Å². The minimum atomic E-state index is -1.20. The third kappa shape index (κ3) is 9.99. The summed E-state index contributed by atoms with van der Waals surface area (Å²) in [7, 11) is 0. The molecule has 3 unspecified atom stereocenters. The van der Waals surface area contributed by atoms with Crippen LogP contribution >= 0.6 is 0 Å². The Morgan fingerprint density at radius 3 is 2.24 bits per heavy atom. The molecule has 304 valence electrons. The molecule has 58 heavy (non-hydrogen) atoms. The smallest absolute Gasteiger partial charge is 0.422 e. The first-order valence-corrected chi connectivity index (χ1v) is 20.0. The molecule has 0 saturated carbocycles. The van der Waals surface area contributed by atoms with Crippen molar-refractivity contribution in [3.8, 4) is 11.3 Å². The lowest BCUT2D eigenvalue weighted by atomic mass is 9.95. The first kappa shape index (κ1) is 41.8. The first-order valence-electron chi connectivity index (χ1n) is 20.0. The summed E-state index contributed by atoms with van der Waals surface area (Å²) >= 11 is 0. The number of urea groups is 1. The third-order valence-electron chi connectivity index (χ3n) is 10.9. The number of carbonyl (C=O) groups is 3. The van der Waals surface area contributed by atoms with Crippen LogP contribution in [-0.2, 0) is 24.3 Å². The molecule has 5 aromatic rings. The Balaban J connectivity index is 1.25. The van der Waals surface area contributed by atoms with E-state index in [1.807, 2.05) is 117 Å². The fourth-order valence-corrected chi connectivity index (χ4v) is 7.77. The average Bonchev–Trinajstić information content (AvgIpc) is 3.56. The van der Waals surface area contributed by atoms with Gasteiger partial charge in [-0.3, -0.25) is 14.8 Å². The molecule has 0 spiro atoms. The molecule has 4 atom stereocenters. The SMILES string of the molecule is CCC(C)[C@@H](C(=O)NC(Cc1ccccc1)C(O)CN(Cc1ccc(-c2ccccn2)cc1)N(C(=O)O)C(C)(C)C)N1CCN(Cc2ccnc3ccccc23)C1=O. The van der Waals surface area contributed by atoms with Gasteiger partial charge in [0.2, 0.25) is 5.91 Å². The van der Waals surface area contributed by atoms with Crippen LogP contribution in [-0.4, -0.2) is 101 Å². The van der Waals surface area contributed by atoms with Crippen molar-refractivity contribution in [2.75, 3.05) is 19.6 Å². The van der Waals surface area contributed by atoms with Gasteiger partial charge in [0.25, 0.3) is 0 Å². The molecule has 4 amide bonds. The molecule has 3 aromatic carbocycles.